The zero-order valence-electron chi connectivity index (χ0n) is 10.7. The summed E-state index contributed by atoms with van der Waals surface area (Å²) in [5.41, 5.74) is 9.29. The highest BCUT2D eigenvalue weighted by Crippen LogP contribution is 2.35. The Hall–Kier alpha value is -2.00. The van der Waals surface area contributed by atoms with Crippen LogP contribution in [0.3, 0.4) is 0 Å². The molecule has 1 aromatic heterocycles. The molecule has 1 saturated heterocycles. The Kier molecular flexibility index (Phi) is 2.29. The van der Waals surface area contributed by atoms with Crippen molar-refractivity contribution in [3.8, 4) is 0 Å². The van der Waals surface area contributed by atoms with E-state index in [9.17, 15) is 0 Å². The van der Waals surface area contributed by atoms with Crippen molar-refractivity contribution >= 4 is 27.5 Å². The van der Waals surface area contributed by atoms with Gasteiger partial charge in [-0.3, -0.25) is 0 Å². The van der Waals surface area contributed by atoms with Gasteiger partial charge < -0.3 is 15.0 Å². The van der Waals surface area contributed by atoms with Gasteiger partial charge in [-0.15, -0.1) is 0 Å². The summed E-state index contributed by atoms with van der Waals surface area (Å²) in [5.74, 6) is 0. The molecule has 0 aliphatic carbocycles. The summed E-state index contributed by atoms with van der Waals surface area (Å²) in [6.07, 6.45) is 1.08. The van der Waals surface area contributed by atoms with E-state index >= 15 is 0 Å². The Morgan fingerprint density at radius 3 is 2.74 bits per heavy atom. The number of fused-ring (bicyclic) bond motifs is 3. The molecule has 2 heterocycles. The van der Waals surface area contributed by atoms with E-state index < -0.39 is 0 Å². The summed E-state index contributed by atoms with van der Waals surface area (Å²) >= 11 is 0. The molecule has 4 rings (SSSR count). The van der Waals surface area contributed by atoms with Gasteiger partial charge in [-0.05, 0) is 30.7 Å². The molecule has 1 fully saturated rings. The number of nitrogens with two attached hydrogens (primary N) is 1. The first-order valence-electron chi connectivity index (χ1n) is 6.70. The monoisotopic (exact) mass is 252 g/mol. The second-order valence-electron chi connectivity index (χ2n) is 5.18. The van der Waals surface area contributed by atoms with Gasteiger partial charge >= 0.3 is 0 Å². The lowest BCUT2D eigenvalue weighted by atomic mass is 10.1. The SMILES string of the molecule is Nc1ccc2c(c1)c1ccccc1n2[C@H]1CCOC1. The summed E-state index contributed by atoms with van der Waals surface area (Å²) in [5, 5.41) is 2.51. The van der Waals surface area contributed by atoms with Crippen molar-refractivity contribution in [1.82, 2.24) is 4.57 Å². The van der Waals surface area contributed by atoms with Crippen LogP contribution in [0.1, 0.15) is 12.5 Å². The number of anilines is 1. The Bertz CT molecular complexity index is 754. The van der Waals surface area contributed by atoms with Gasteiger partial charge in [0.05, 0.1) is 12.6 Å². The summed E-state index contributed by atoms with van der Waals surface area (Å²) in [6, 6.07) is 15.1. The van der Waals surface area contributed by atoms with Gasteiger partial charge in [0.25, 0.3) is 0 Å². The molecule has 3 nitrogen and oxygen atoms in total. The molecule has 1 aliphatic heterocycles. The van der Waals surface area contributed by atoms with Crippen LogP contribution < -0.4 is 5.73 Å². The summed E-state index contributed by atoms with van der Waals surface area (Å²) in [7, 11) is 0. The van der Waals surface area contributed by atoms with Crippen LogP contribution in [0.25, 0.3) is 21.8 Å². The van der Waals surface area contributed by atoms with Crippen molar-refractivity contribution in [2.45, 2.75) is 12.5 Å². The third-order valence-electron chi connectivity index (χ3n) is 4.00. The zero-order chi connectivity index (χ0) is 12.8. The predicted molar refractivity (Wildman–Crippen MR) is 78.3 cm³/mol. The van der Waals surface area contributed by atoms with E-state index in [0.717, 1.165) is 25.3 Å². The van der Waals surface area contributed by atoms with E-state index in [1.54, 1.807) is 0 Å². The predicted octanol–water partition coefficient (Wildman–Crippen LogP) is 3.34. The number of hydrogen-bond acceptors (Lipinski definition) is 2. The van der Waals surface area contributed by atoms with E-state index in [1.165, 1.54) is 21.8 Å². The number of aromatic nitrogens is 1. The number of hydrogen-bond donors (Lipinski definition) is 1. The molecule has 0 unspecified atom stereocenters. The average Bonchev–Trinajstić information content (AvgIpc) is 3.04. The number of rotatable bonds is 1. The zero-order valence-corrected chi connectivity index (χ0v) is 10.7. The minimum absolute atomic E-state index is 0.436. The molecule has 1 aliphatic rings. The number of nitrogens with zero attached hydrogens (tertiary/aromatic N) is 1. The first-order chi connectivity index (χ1) is 9.34. The molecule has 0 bridgehead atoms. The Morgan fingerprint density at radius 1 is 1.05 bits per heavy atom. The quantitative estimate of drug-likeness (QED) is 0.675. The van der Waals surface area contributed by atoms with Crippen LogP contribution in [0.5, 0.6) is 0 Å². The fourth-order valence-corrected chi connectivity index (χ4v) is 3.14. The van der Waals surface area contributed by atoms with Gasteiger partial charge in [0.1, 0.15) is 0 Å². The largest absolute Gasteiger partial charge is 0.399 e. The van der Waals surface area contributed by atoms with Crippen LogP contribution in [0.2, 0.25) is 0 Å². The Morgan fingerprint density at radius 2 is 1.89 bits per heavy atom. The Balaban J connectivity index is 2.12. The van der Waals surface area contributed by atoms with Crippen LogP contribution in [0, 0.1) is 0 Å². The molecule has 0 saturated carbocycles. The summed E-state index contributed by atoms with van der Waals surface area (Å²) in [4.78, 5) is 0. The maximum atomic E-state index is 5.94. The molecule has 3 heteroatoms. The standard InChI is InChI=1S/C16H16N2O/c17-11-5-6-16-14(9-11)13-3-1-2-4-15(13)18(16)12-7-8-19-10-12/h1-6,9,12H,7-8,10,17H2/t12-/m0/s1. The molecular weight excluding hydrogens is 236 g/mol. The molecule has 19 heavy (non-hydrogen) atoms. The minimum Gasteiger partial charge on any atom is -0.399 e. The van der Waals surface area contributed by atoms with Gasteiger partial charge in [0, 0.05) is 34.1 Å². The molecule has 0 spiro atoms. The van der Waals surface area contributed by atoms with Crippen LogP contribution >= 0.6 is 0 Å². The van der Waals surface area contributed by atoms with Crippen molar-refractivity contribution in [3.05, 3.63) is 42.5 Å². The Labute approximate surface area is 111 Å². The summed E-state index contributed by atoms with van der Waals surface area (Å²) in [6.45, 7) is 1.66. The molecule has 3 aromatic rings. The van der Waals surface area contributed by atoms with Gasteiger partial charge in [-0.2, -0.15) is 0 Å². The third kappa shape index (κ3) is 1.55. The second-order valence-corrected chi connectivity index (χ2v) is 5.18. The molecular formula is C16H16N2O. The average molecular weight is 252 g/mol. The normalized spacial score (nSPS) is 19.5. The minimum atomic E-state index is 0.436. The summed E-state index contributed by atoms with van der Waals surface area (Å²) < 4.78 is 7.97. The van der Waals surface area contributed by atoms with Crippen LogP contribution in [0.15, 0.2) is 42.5 Å². The van der Waals surface area contributed by atoms with Crippen LogP contribution in [-0.2, 0) is 4.74 Å². The highest BCUT2D eigenvalue weighted by atomic mass is 16.5. The molecule has 0 radical (unpaired) electrons. The van der Waals surface area contributed by atoms with E-state index in [4.69, 9.17) is 10.5 Å². The van der Waals surface area contributed by atoms with Crippen molar-refractivity contribution in [1.29, 1.82) is 0 Å². The number of nitrogen functional groups attached to an aromatic ring is 1. The maximum absolute atomic E-state index is 5.94. The number of benzene rings is 2. The molecule has 0 amide bonds. The third-order valence-corrected chi connectivity index (χ3v) is 4.00. The van der Waals surface area contributed by atoms with Crippen molar-refractivity contribution in [2.75, 3.05) is 18.9 Å². The van der Waals surface area contributed by atoms with E-state index in [-0.39, 0.29) is 0 Å². The van der Waals surface area contributed by atoms with E-state index in [1.807, 2.05) is 6.07 Å². The van der Waals surface area contributed by atoms with Gasteiger partial charge in [0.2, 0.25) is 0 Å². The lowest BCUT2D eigenvalue weighted by molar-refractivity contribution is 0.188. The lowest BCUT2D eigenvalue weighted by Gasteiger charge is -2.13. The number of ether oxygens (including phenoxy) is 1. The molecule has 1 atom stereocenters. The highest BCUT2D eigenvalue weighted by Gasteiger charge is 2.22. The van der Waals surface area contributed by atoms with Crippen molar-refractivity contribution < 1.29 is 4.74 Å². The van der Waals surface area contributed by atoms with Crippen LogP contribution in [-0.4, -0.2) is 17.8 Å². The van der Waals surface area contributed by atoms with Crippen molar-refractivity contribution in [3.63, 3.8) is 0 Å². The molecule has 2 N–H and O–H groups in total. The smallest absolute Gasteiger partial charge is 0.0675 e. The lowest BCUT2D eigenvalue weighted by Crippen LogP contribution is -2.07. The maximum Gasteiger partial charge on any atom is 0.0675 e. The van der Waals surface area contributed by atoms with Crippen molar-refractivity contribution in [2.24, 2.45) is 0 Å². The molecule has 96 valence electrons. The topological polar surface area (TPSA) is 40.2 Å². The first-order valence-corrected chi connectivity index (χ1v) is 6.70. The fraction of sp³-hybridized carbons (Fsp3) is 0.250. The van der Waals surface area contributed by atoms with Gasteiger partial charge in [-0.1, -0.05) is 18.2 Å². The van der Waals surface area contributed by atoms with Crippen LogP contribution in [0.4, 0.5) is 5.69 Å². The second kappa shape index (κ2) is 4.00. The number of para-hydroxylation sites is 1. The fourth-order valence-electron chi connectivity index (χ4n) is 3.14. The van der Waals surface area contributed by atoms with Gasteiger partial charge in [-0.25, -0.2) is 0 Å². The van der Waals surface area contributed by atoms with E-state index in [0.29, 0.717) is 6.04 Å². The molecule has 2 aromatic carbocycles. The highest BCUT2D eigenvalue weighted by molar-refractivity contribution is 6.09. The van der Waals surface area contributed by atoms with Gasteiger partial charge in [0.15, 0.2) is 0 Å². The first kappa shape index (κ1) is 10.9. The van der Waals surface area contributed by atoms with E-state index in [2.05, 4.69) is 41.0 Å².